The van der Waals surface area contributed by atoms with Crippen molar-refractivity contribution < 1.29 is 14.4 Å². The summed E-state index contributed by atoms with van der Waals surface area (Å²) < 4.78 is 10.6. The average Bonchev–Trinajstić information content (AvgIpc) is 2.76. The van der Waals surface area contributed by atoms with Crippen molar-refractivity contribution in [2.24, 2.45) is 0 Å². The molecule has 0 radical (unpaired) electrons. The Morgan fingerprint density at radius 3 is 2.90 bits per heavy atom. The Balaban J connectivity index is 2.10. The van der Waals surface area contributed by atoms with E-state index in [9.17, 15) is 10.1 Å². The van der Waals surface area contributed by atoms with Crippen LogP contribution in [0.4, 0.5) is 5.69 Å². The van der Waals surface area contributed by atoms with Crippen LogP contribution in [-0.4, -0.2) is 30.3 Å². The summed E-state index contributed by atoms with van der Waals surface area (Å²) in [6.07, 6.45) is 1.07. The van der Waals surface area contributed by atoms with E-state index in [-0.39, 0.29) is 23.1 Å². The molecule has 110 valence electrons. The summed E-state index contributed by atoms with van der Waals surface area (Å²) in [4.78, 5) is 10.6. The first kappa shape index (κ1) is 14.7. The van der Waals surface area contributed by atoms with E-state index in [4.69, 9.17) is 9.47 Å². The van der Waals surface area contributed by atoms with Crippen molar-refractivity contribution in [2.75, 3.05) is 13.7 Å². The zero-order valence-electron chi connectivity index (χ0n) is 12.0. The first-order chi connectivity index (χ1) is 9.46. The predicted octanol–water partition coefficient (Wildman–Crippen LogP) is 2.26. The highest BCUT2D eigenvalue weighted by Gasteiger charge is 2.36. The Labute approximate surface area is 118 Å². The van der Waals surface area contributed by atoms with Gasteiger partial charge in [-0.15, -0.1) is 0 Å². The van der Waals surface area contributed by atoms with Gasteiger partial charge in [0, 0.05) is 24.8 Å². The lowest BCUT2D eigenvalue weighted by Gasteiger charge is -2.29. The van der Waals surface area contributed by atoms with Gasteiger partial charge < -0.3 is 14.8 Å². The third-order valence-corrected chi connectivity index (χ3v) is 4.02. The Morgan fingerprint density at radius 2 is 2.35 bits per heavy atom. The van der Waals surface area contributed by atoms with Gasteiger partial charge in [-0.3, -0.25) is 10.1 Å². The largest absolute Gasteiger partial charge is 0.490 e. The van der Waals surface area contributed by atoms with Crippen LogP contribution in [0.5, 0.6) is 5.75 Å². The van der Waals surface area contributed by atoms with Crippen molar-refractivity contribution >= 4 is 5.69 Å². The first-order valence-electron chi connectivity index (χ1n) is 6.64. The second-order valence-corrected chi connectivity index (χ2v) is 5.30. The molecule has 1 aromatic carbocycles. The molecule has 2 rings (SSSR count). The lowest BCUT2D eigenvalue weighted by molar-refractivity contribution is -0.385. The van der Waals surface area contributed by atoms with Gasteiger partial charge in [0.05, 0.1) is 18.1 Å². The van der Waals surface area contributed by atoms with Crippen LogP contribution in [0.2, 0.25) is 0 Å². The van der Waals surface area contributed by atoms with Crippen LogP contribution in [0, 0.1) is 10.1 Å². The van der Waals surface area contributed by atoms with Gasteiger partial charge in [-0.25, -0.2) is 0 Å². The Hall–Kier alpha value is -1.66. The van der Waals surface area contributed by atoms with Crippen LogP contribution in [0.15, 0.2) is 18.2 Å². The van der Waals surface area contributed by atoms with E-state index in [1.807, 2.05) is 13.0 Å². The Morgan fingerprint density at radius 1 is 1.60 bits per heavy atom. The Bertz CT molecular complexity index is 506. The topological polar surface area (TPSA) is 73.6 Å². The number of rotatable bonds is 5. The highest BCUT2D eigenvalue weighted by molar-refractivity contribution is 5.48. The minimum absolute atomic E-state index is 0.00678. The summed E-state index contributed by atoms with van der Waals surface area (Å²) in [7, 11) is 1.43. The van der Waals surface area contributed by atoms with Gasteiger partial charge in [0.15, 0.2) is 5.75 Å². The average molecular weight is 280 g/mol. The maximum atomic E-state index is 11.0. The highest BCUT2D eigenvalue weighted by Crippen LogP contribution is 2.29. The van der Waals surface area contributed by atoms with Gasteiger partial charge in [-0.2, -0.15) is 0 Å². The quantitative estimate of drug-likeness (QED) is 0.661. The second kappa shape index (κ2) is 5.76. The van der Waals surface area contributed by atoms with Gasteiger partial charge >= 0.3 is 5.69 Å². The smallest absolute Gasteiger partial charge is 0.311 e. The van der Waals surface area contributed by atoms with E-state index in [0.717, 1.165) is 18.6 Å². The van der Waals surface area contributed by atoms with Crippen LogP contribution in [-0.2, 0) is 11.3 Å². The molecular formula is C14H20N2O4. The number of nitro groups is 1. The number of ether oxygens (including phenoxy) is 2. The molecule has 1 fully saturated rings. The molecule has 0 aromatic heterocycles. The number of nitrogens with one attached hydrogen (secondary N) is 1. The number of nitro benzene ring substituents is 1. The van der Waals surface area contributed by atoms with E-state index in [0.29, 0.717) is 6.54 Å². The fourth-order valence-corrected chi connectivity index (χ4v) is 2.36. The normalized spacial score (nSPS) is 25.6. The molecule has 6 nitrogen and oxygen atoms in total. The molecule has 1 aromatic rings. The fraction of sp³-hybridized carbons (Fsp3) is 0.571. The van der Waals surface area contributed by atoms with Gasteiger partial charge in [-0.1, -0.05) is 6.07 Å². The van der Waals surface area contributed by atoms with E-state index in [1.54, 1.807) is 12.1 Å². The minimum atomic E-state index is -0.425. The molecule has 6 heteroatoms. The van der Waals surface area contributed by atoms with Crippen LogP contribution in [0.3, 0.4) is 0 Å². The molecule has 2 unspecified atom stereocenters. The predicted molar refractivity (Wildman–Crippen MR) is 74.9 cm³/mol. The minimum Gasteiger partial charge on any atom is -0.490 e. The number of nitrogens with zero attached hydrogens (tertiary/aromatic N) is 1. The zero-order chi connectivity index (χ0) is 14.8. The SMILES string of the molecule is COc1ccc(CNC2(C)CCOC2C)cc1[N+](=O)[O-]. The molecule has 1 aliphatic rings. The van der Waals surface area contributed by atoms with E-state index in [1.165, 1.54) is 7.11 Å². The van der Waals surface area contributed by atoms with Gasteiger partial charge in [0.25, 0.3) is 0 Å². The monoisotopic (exact) mass is 280 g/mol. The summed E-state index contributed by atoms with van der Waals surface area (Å²) in [5.41, 5.74) is 0.764. The van der Waals surface area contributed by atoms with Crippen molar-refractivity contribution in [3.8, 4) is 5.75 Å². The standard InChI is InChI=1S/C14H20N2O4/c1-10-14(2,6-7-20-10)15-9-11-4-5-13(19-3)12(8-11)16(17)18/h4-5,8,10,15H,6-7,9H2,1-3H3. The maximum absolute atomic E-state index is 11.0. The van der Waals surface area contributed by atoms with Crippen molar-refractivity contribution in [1.29, 1.82) is 0 Å². The molecule has 0 amide bonds. The van der Waals surface area contributed by atoms with E-state index >= 15 is 0 Å². The Kier molecular flexibility index (Phi) is 4.25. The van der Waals surface area contributed by atoms with Gasteiger partial charge in [0.2, 0.25) is 0 Å². The van der Waals surface area contributed by atoms with Crippen LogP contribution >= 0.6 is 0 Å². The second-order valence-electron chi connectivity index (χ2n) is 5.30. The molecule has 0 spiro atoms. The molecule has 1 N–H and O–H groups in total. The van der Waals surface area contributed by atoms with Crippen molar-refractivity contribution in [2.45, 2.75) is 38.5 Å². The van der Waals surface area contributed by atoms with Crippen molar-refractivity contribution in [3.63, 3.8) is 0 Å². The fourth-order valence-electron chi connectivity index (χ4n) is 2.36. The van der Waals surface area contributed by atoms with Crippen molar-refractivity contribution in [3.05, 3.63) is 33.9 Å². The lowest BCUT2D eigenvalue weighted by atomic mass is 9.94. The number of benzene rings is 1. The molecular weight excluding hydrogens is 260 g/mol. The molecule has 0 aliphatic carbocycles. The lowest BCUT2D eigenvalue weighted by Crippen LogP contribution is -2.47. The summed E-state index contributed by atoms with van der Waals surface area (Å²) in [5, 5.41) is 14.4. The van der Waals surface area contributed by atoms with E-state index < -0.39 is 4.92 Å². The summed E-state index contributed by atoms with van der Waals surface area (Å²) >= 11 is 0. The highest BCUT2D eigenvalue weighted by atomic mass is 16.6. The van der Waals surface area contributed by atoms with E-state index in [2.05, 4.69) is 12.2 Å². The number of methoxy groups -OCH3 is 1. The molecule has 0 bridgehead atoms. The van der Waals surface area contributed by atoms with Crippen LogP contribution in [0.1, 0.15) is 25.8 Å². The third kappa shape index (κ3) is 2.91. The summed E-state index contributed by atoms with van der Waals surface area (Å²) in [6.45, 7) is 5.46. The van der Waals surface area contributed by atoms with Gasteiger partial charge in [-0.05, 0) is 31.9 Å². The van der Waals surface area contributed by atoms with Crippen molar-refractivity contribution in [1.82, 2.24) is 5.32 Å². The number of hydrogen-bond acceptors (Lipinski definition) is 5. The molecule has 0 saturated carbocycles. The molecule has 1 saturated heterocycles. The molecule has 20 heavy (non-hydrogen) atoms. The summed E-state index contributed by atoms with van der Waals surface area (Å²) in [6, 6.07) is 5.02. The van der Waals surface area contributed by atoms with Crippen LogP contribution < -0.4 is 10.1 Å². The molecule has 1 heterocycles. The zero-order valence-corrected chi connectivity index (χ0v) is 12.0. The summed E-state index contributed by atoms with van der Waals surface area (Å²) in [5.74, 6) is 0.280. The first-order valence-corrected chi connectivity index (χ1v) is 6.64. The third-order valence-electron chi connectivity index (χ3n) is 4.02. The molecule has 2 atom stereocenters. The maximum Gasteiger partial charge on any atom is 0.311 e. The molecule has 1 aliphatic heterocycles. The number of hydrogen-bond donors (Lipinski definition) is 1. The van der Waals surface area contributed by atoms with Crippen LogP contribution in [0.25, 0.3) is 0 Å². The van der Waals surface area contributed by atoms with Gasteiger partial charge in [0.1, 0.15) is 0 Å².